The molecule has 0 saturated carbocycles. The molecule has 0 spiro atoms. The number of aliphatic hydroxyl groups excluding tert-OH is 1. The number of aliphatic hydroxyl groups is 1. The molecule has 4 nitrogen and oxygen atoms in total. The van der Waals surface area contributed by atoms with Crippen LogP contribution in [0, 0.1) is 3.57 Å². The molecule has 2 rings (SSSR count). The summed E-state index contributed by atoms with van der Waals surface area (Å²) in [6.45, 7) is 0.0836. The molecule has 120 valence electrons. The van der Waals surface area contributed by atoms with Crippen LogP contribution >= 0.6 is 33.9 Å². The van der Waals surface area contributed by atoms with E-state index >= 15 is 0 Å². The molecule has 0 aliphatic rings. The molecule has 0 saturated heterocycles. The number of rotatable bonds is 6. The Labute approximate surface area is 142 Å². The van der Waals surface area contributed by atoms with Gasteiger partial charge in [-0.2, -0.15) is 13.2 Å². The van der Waals surface area contributed by atoms with Crippen LogP contribution in [0.5, 0.6) is 5.75 Å². The van der Waals surface area contributed by atoms with Crippen LogP contribution in [0.2, 0.25) is 0 Å². The fourth-order valence-electron chi connectivity index (χ4n) is 1.47. The normalized spacial score (nSPS) is 13.0. The second-order valence-corrected chi connectivity index (χ2v) is 6.60. The zero-order valence-electron chi connectivity index (χ0n) is 11.1. The molecule has 0 bridgehead atoms. The van der Waals surface area contributed by atoms with Crippen molar-refractivity contribution in [2.24, 2.45) is 0 Å². The molecule has 2 aromatic rings. The minimum Gasteiger partial charge on any atom is -0.491 e. The van der Waals surface area contributed by atoms with Gasteiger partial charge in [-0.05, 0) is 46.9 Å². The lowest BCUT2D eigenvalue weighted by Crippen LogP contribution is -2.26. The molecule has 0 aliphatic carbocycles. The molecule has 2 N–H and O–H groups in total. The fraction of sp³-hybridized carbons (Fsp3) is 0.308. The van der Waals surface area contributed by atoms with Gasteiger partial charge in [-0.1, -0.05) is 11.3 Å². The second kappa shape index (κ2) is 7.47. The third-order valence-electron chi connectivity index (χ3n) is 2.53. The van der Waals surface area contributed by atoms with Gasteiger partial charge >= 0.3 is 6.18 Å². The first-order chi connectivity index (χ1) is 10.3. The van der Waals surface area contributed by atoms with Crippen LogP contribution < -0.4 is 10.1 Å². The molecule has 0 aliphatic heterocycles. The molecule has 1 unspecified atom stereocenters. The molecule has 0 radical (unpaired) electrons. The second-order valence-electron chi connectivity index (χ2n) is 4.33. The van der Waals surface area contributed by atoms with Crippen molar-refractivity contribution in [3.63, 3.8) is 0 Å². The van der Waals surface area contributed by atoms with Crippen LogP contribution in [0.25, 0.3) is 0 Å². The minimum atomic E-state index is -4.40. The number of nitrogens with zero attached hydrogens (tertiary/aromatic N) is 1. The van der Waals surface area contributed by atoms with E-state index in [1.54, 1.807) is 12.1 Å². The summed E-state index contributed by atoms with van der Waals surface area (Å²) in [7, 11) is 0. The number of alkyl halides is 3. The van der Waals surface area contributed by atoms with Crippen molar-refractivity contribution in [3.8, 4) is 5.75 Å². The quantitative estimate of drug-likeness (QED) is 0.669. The lowest BCUT2D eigenvalue weighted by Gasteiger charge is -2.12. The molecule has 9 heteroatoms. The minimum absolute atomic E-state index is 0.0328. The van der Waals surface area contributed by atoms with Crippen LogP contribution in [0.4, 0.5) is 18.3 Å². The van der Waals surface area contributed by atoms with Crippen LogP contribution in [-0.4, -0.2) is 29.3 Å². The Kier molecular flexibility index (Phi) is 5.87. The Hall–Kier alpha value is -1.07. The molecule has 1 aromatic heterocycles. The number of aromatic nitrogens is 1. The number of nitrogens with one attached hydrogen (secondary N) is 1. The van der Waals surface area contributed by atoms with E-state index in [0.717, 1.165) is 9.77 Å². The van der Waals surface area contributed by atoms with Gasteiger partial charge in [0.1, 0.15) is 23.3 Å². The fourth-order valence-corrected chi connectivity index (χ4v) is 2.52. The molecule has 1 atom stereocenters. The van der Waals surface area contributed by atoms with E-state index in [1.165, 1.54) is 0 Å². The average Bonchev–Trinajstić information content (AvgIpc) is 2.93. The molecule has 22 heavy (non-hydrogen) atoms. The van der Waals surface area contributed by atoms with Gasteiger partial charge in [0.15, 0.2) is 5.13 Å². The van der Waals surface area contributed by atoms with Crippen LogP contribution in [0.15, 0.2) is 30.5 Å². The summed E-state index contributed by atoms with van der Waals surface area (Å²) in [5.74, 6) is 0.619. The van der Waals surface area contributed by atoms with Gasteiger partial charge in [0.2, 0.25) is 0 Å². The van der Waals surface area contributed by atoms with Crippen LogP contribution in [0.1, 0.15) is 4.88 Å². The highest BCUT2D eigenvalue weighted by Crippen LogP contribution is 2.34. The number of benzene rings is 1. The van der Waals surface area contributed by atoms with Crippen molar-refractivity contribution in [2.45, 2.75) is 12.3 Å². The molecule has 0 amide bonds. The average molecular weight is 444 g/mol. The highest BCUT2D eigenvalue weighted by Gasteiger charge is 2.33. The van der Waals surface area contributed by atoms with Gasteiger partial charge in [0.25, 0.3) is 0 Å². The maximum atomic E-state index is 12.4. The topological polar surface area (TPSA) is 54.4 Å². The van der Waals surface area contributed by atoms with Crippen molar-refractivity contribution in [1.29, 1.82) is 0 Å². The maximum absolute atomic E-state index is 12.4. The number of ether oxygens (including phenoxy) is 1. The van der Waals surface area contributed by atoms with E-state index in [2.05, 4.69) is 32.9 Å². The summed E-state index contributed by atoms with van der Waals surface area (Å²) < 4.78 is 43.7. The first-order valence-corrected chi connectivity index (χ1v) is 8.07. The number of hydrogen-bond acceptors (Lipinski definition) is 5. The van der Waals surface area contributed by atoms with E-state index in [1.807, 2.05) is 12.1 Å². The SMILES string of the molecule is OC(CNc1ncc(C(F)(F)F)s1)COc1ccc(I)cc1. The van der Waals surface area contributed by atoms with Gasteiger partial charge < -0.3 is 15.2 Å². The smallest absolute Gasteiger partial charge is 0.427 e. The monoisotopic (exact) mass is 444 g/mol. The number of thiazole rings is 1. The van der Waals surface area contributed by atoms with E-state index in [0.29, 0.717) is 17.1 Å². The Morgan fingerprint density at radius 3 is 2.59 bits per heavy atom. The predicted molar refractivity (Wildman–Crippen MR) is 86.3 cm³/mol. The van der Waals surface area contributed by atoms with Crippen molar-refractivity contribution < 1.29 is 23.0 Å². The molecule has 1 aromatic carbocycles. The molecule has 0 fully saturated rings. The lowest BCUT2D eigenvalue weighted by molar-refractivity contribution is -0.134. The predicted octanol–water partition coefficient (Wildman–Crippen LogP) is 3.62. The van der Waals surface area contributed by atoms with Gasteiger partial charge in [-0.3, -0.25) is 0 Å². The highest BCUT2D eigenvalue weighted by atomic mass is 127. The van der Waals surface area contributed by atoms with E-state index < -0.39 is 17.2 Å². The summed E-state index contributed by atoms with van der Waals surface area (Å²) >= 11 is 2.66. The van der Waals surface area contributed by atoms with Gasteiger partial charge in [-0.25, -0.2) is 4.98 Å². The summed E-state index contributed by atoms with van der Waals surface area (Å²) in [5.41, 5.74) is 0. The van der Waals surface area contributed by atoms with Crippen molar-refractivity contribution >= 4 is 39.1 Å². The van der Waals surface area contributed by atoms with E-state index in [9.17, 15) is 18.3 Å². The summed E-state index contributed by atoms with van der Waals surface area (Å²) in [4.78, 5) is 2.84. The number of anilines is 1. The molecular weight excluding hydrogens is 432 g/mol. The van der Waals surface area contributed by atoms with E-state index in [4.69, 9.17) is 4.74 Å². The third-order valence-corrected chi connectivity index (χ3v) is 4.25. The zero-order valence-corrected chi connectivity index (χ0v) is 14.1. The van der Waals surface area contributed by atoms with E-state index in [-0.39, 0.29) is 18.3 Å². The molecular formula is C13H12F3IN2O2S. The first kappa shape index (κ1) is 17.3. The Morgan fingerprint density at radius 2 is 2.00 bits per heavy atom. The van der Waals surface area contributed by atoms with Gasteiger partial charge in [0.05, 0.1) is 6.20 Å². The largest absolute Gasteiger partial charge is 0.491 e. The van der Waals surface area contributed by atoms with Crippen molar-refractivity contribution in [2.75, 3.05) is 18.5 Å². The number of halogens is 4. The van der Waals surface area contributed by atoms with Gasteiger partial charge in [-0.15, -0.1) is 0 Å². The Morgan fingerprint density at radius 1 is 1.32 bits per heavy atom. The zero-order chi connectivity index (χ0) is 16.2. The highest BCUT2D eigenvalue weighted by molar-refractivity contribution is 14.1. The maximum Gasteiger partial charge on any atom is 0.427 e. The standard InChI is InChI=1S/C13H12F3IN2O2S/c14-13(15,16)11-6-19-12(22-11)18-5-9(20)7-21-10-3-1-8(17)2-4-10/h1-4,6,9,20H,5,7H2,(H,18,19). The van der Waals surface area contributed by atoms with Crippen molar-refractivity contribution in [1.82, 2.24) is 4.98 Å². The summed E-state index contributed by atoms with van der Waals surface area (Å²) in [6, 6.07) is 7.29. The third kappa shape index (κ3) is 5.29. The van der Waals surface area contributed by atoms with Crippen LogP contribution in [-0.2, 0) is 6.18 Å². The molecule has 1 heterocycles. The number of hydrogen-bond donors (Lipinski definition) is 2. The Bertz CT molecular complexity index is 604. The lowest BCUT2D eigenvalue weighted by atomic mass is 10.3. The first-order valence-electron chi connectivity index (χ1n) is 6.18. The Balaban J connectivity index is 1.76. The summed E-state index contributed by atoms with van der Waals surface area (Å²) in [5, 5.41) is 12.5. The van der Waals surface area contributed by atoms with Gasteiger partial charge in [0, 0.05) is 10.1 Å². The summed E-state index contributed by atoms with van der Waals surface area (Å²) in [6.07, 6.45) is -4.50. The van der Waals surface area contributed by atoms with Crippen LogP contribution in [0.3, 0.4) is 0 Å². The van der Waals surface area contributed by atoms with Crippen molar-refractivity contribution in [3.05, 3.63) is 38.9 Å².